The van der Waals surface area contributed by atoms with Crippen LogP contribution in [0.25, 0.3) is 27.5 Å². The molecule has 0 saturated carbocycles. The number of nitrogens with zero attached hydrogens (tertiary/aromatic N) is 1. The van der Waals surface area contributed by atoms with E-state index in [2.05, 4.69) is 69.0 Å². The lowest BCUT2D eigenvalue weighted by atomic mass is 10.2. The van der Waals surface area contributed by atoms with Gasteiger partial charge in [0.25, 0.3) is 0 Å². The third-order valence-electron chi connectivity index (χ3n) is 3.73. The Labute approximate surface area is 135 Å². The van der Waals surface area contributed by atoms with Gasteiger partial charge in [0.05, 0.1) is 21.7 Å². The molecule has 0 N–H and O–H groups in total. The molecule has 1 heterocycles. The zero-order chi connectivity index (χ0) is 14.4. The number of aromatic nitrogens is 1. The van der Waals surface area contributed by atoms with E-state index in [0.717, 1.165) is 15.2 Å². The molecule has 3 heteroatoms. The van der Waals surface area contributed by atoms with Gasteiger partial charge in [-0.3, -0.25) is 0 Å². The molecule has 0 radical (unpaired) electrons. The molecule has 1 nitrogen and oxygen atoms in total. The average molecular weight is 357 g/mol. The van der Waals surface area contributed by atoms with Crippen LogP contribution in [0.15, 0.2) is 71.2 Å². The van der Waals surface area contributed by atoms with Crippen molar-refractivity contribution in [3.05, 3.63) is 76.2 Å². The standard InChI is InChI=1S/C18H11BrClN/c19-12-9-10-18(15(20)11-12)21-16-7-3-1-5-13(16)14-6-2-4-8-17(14)21/h1-11H. The summed E-state index contributed by atoms with van der Waals surface area (Å²) in [4.78, 5) is 0. The summed E-state index contributed by atoms with van der Waals surface area (Å²) in [6.45, 7) is 0. The van der Waals surface area contributed by atoms with E-state index in [1.165, 1.54) is 21.8 Å². The molecule has 0 amide bonds. The third-order valence-corrected chi connectivity index (χ3v) is 4.53. The molecule has 102 valence electrons. The maximum atomic E-state index is 6.47. The van der Waals surface area contributed by atoms with E-state index in [1.54, 1.807) is 0 Å². The van der Waals surface area contributed by atoms with Crippen molar-refractivity contribution in [1.82, 2.24) is 4.57 Å². The Morgan fingerprint density at radius 2 is 1.33 bits per heavy atom. The Balaban J connectivity index is 2.20. The molecule has 0 spiro atoms. The predicted molar refractivity (Wildman–Crippen MR) is 93.5 cm³/mol. The summed E-state index contributed by atoms with van der Waals surface area (Å²) in [5.41, 5.74) is 3.34. The van der Waals surface area contributed by atoms with Crippen molar-refractivity contribution >= 4 is 49.3 Å². The fourth-order valence-corrected chi connectivity index (χ4v) is 3.60. The van der Waals surface area contributed by atoms with Gasteiger partial charge in [-0.15, -0.1) is 0 Å². The van der Waals surface area contributed by atoms with Crippen molar-refractivity contribution in [2.24, 2.45) is 0 Å². The zero-order valence-corrected chi connectivity index (χ0v) is 13.4. The summed E-state index contributed by atoms with van der Waals surface area (Å²) in [5.74, 6) is 0. The number of rotatable bonds is 1. The summed E-state index contributed by atoms with van der Waals surface area (Å²) in [5, 5.41) is 3.22. The Hall–Kier alpha value is -1.77. The first-order valence-electron chi connectivity index (χ1n) is 6.69. The average Bonchev–Trinajstić information content (AvgIpc) is 2.82. The summed E-state index contributed by atoms with van der Waals surface area (Å²) < 4.78 is 3.21. The molecule has 21 heavy (non-hydrogen) atoms. The van der Waals surface area contributed by atoms with E-state index in [4.69, 9.17) is 11.6 Å². The van der Waals surface area contributed by atoms with Crippen LogP contribution >= 0.6 is 27.5 Å². The molecule has 0 unspecified atom stereocenters. The quantitative estimate of drug-likeness (QED) is 0.382. The van der Waals surface area contributed by atoms with Gasteiger partial charge in [-0.1, -0.05) is 63.9 Å². The van der Waals surface area contributed by atoms with Crippen molar-refractivity contribution in [1.29, 1.82) is 0 Å². The van der Waals surface area contributed by atoms with Crippen LogP contribution in [0.2, 0.25) is 5.02 Å². The summed E-state index contributed by atoms with van der Waals surface area (Å²) in [7, 11) is 0. The Bertz CT molecular complexity index is 918. The fraction of sp³-hybridized carbons (Fsp3) is 0. The first-order chi connectivity index (χ1) is 10.3. The maximum Gasteiger partial charge on any atom is 0.0657 e. The minimum Gasteiger partial charge on any atom is -0.308 e. The molecular weight excluding hydrogens is 346 g/mol. The minimum absolute atomic E-state index is 0.732. The summed E-state index contributed by atoms with van der Waals surface area (Å²) >= 11 is 9.94. The van der Waals surface area contributed by atoms with Crippen LogP contribution in [0.4, 0.5) is 0 Å². The Kier molecular flexibility index (Phi) is 3.02. The Morgan fingerprint density at radius 3 is 1.90 bits per heavy atom. The van der Waals surface area contributed by atoms with Crippen molar-refractivity contribution < 1.29 is 0 Å². The second kappa shape index (κ2) is 4.90. The van der Waals surface area contributed by atoms with Gasteiger partial charge in [0, 0.05) is 15.2 Å². The molecule has 0 bridgehead atoms. The second-order valence-corrected chi connectivity index (χ2v) is 6.29. The van der Waals surface area contributed by atoms with Crippen LogP contribution in [0, 0.1) is 0 Å². The SMILES string of the molecule is Clc1cc(Br)ccc1-n1c2ccccc2c2ccccc21. The molecule has 0 aliphatic rings. The van der Waals surface area contributed by atoms with Gasteiger partial charge >= 0.3 is 0 Å². The van der Waals surface area contributed by atoms with Crippen LogP contribution < -0.4 is 0 Å². The molecule has 0 aliphatic carbocycles. The summed E-state index contributed by atoms with van der Waals surface area (Å²) in [6, 6.07) is 22.8. The minimum atomic E-state index is 0.732. The Morgan fingerprint density at radius 1 is 0.762 bits per heavy atom. The van der Waals surface area contributed by atoms with Crippen molar-refractivity contribution in [2.45, 2.75) is 0 Å². The van der Waals surface area contributed by atoms with Gasteiger partial charge in [0.15, 0.2) is 0 Å². The smallest absolute Gasteiger partial charge is 0.0657 e. The van der Waals surface area contributed by atoms with E-state index in [1.807, 2.05) is 18.2 Å². The monoisotopic (exact) mass is 355 g/mol. The number of hydrogen-bond acceptors (Lipinski definition) is 0. The van der Waals surface area contributed by atoms with Crippen LogP contribution in [0.3, 0.4) is 0 Å². The highest BCUT2D eigenvalue weighted by Gasteiger charge is 2.13. The molecule has 0 fully saturated rings. The van der Waals surface area contributed by atoms with Gasteiger partial charge in [-0.2, -0.15) is 0 Å². The van der Waals surface area contributed by atoms with Crippen LogP contribution in [0.1, 0.15) is 0 Å². The fourth-order valence-electron chi connectivity index (χ4n) is 2.84. The van der Waals surface area contributed by atoms with Crippen molar-refractivity contribution in [2.75, 3.05) is 0 Å². The lowest BCUT2D eigenvalue weighted by Crippen LogP contribution is -1.94. The highest BCUT2D eigenvalue weighted by Crippen LogP contribution is 2.34. The van der Waals surface area contributed by atoms with E-state index in [-0.39, 0.29) is 0 Å². The molecule has 1 aromatic heterocycles. The molecule has 4 aromatic rings. The molecule has 0 aliphatic heterocycles. The van der Waals surface area contributed by atoms with Gasteiger partial charge in [-0.25, -0.2) is 0 Å². The van der Waals surface area contributed by atoms with E-state index < -0.39 is 0 Å². The number of halogens is 2. The number of benzene rings is 3. The lowest BCUT2D eigenvalue weighted by Gasteiger charge is -2.10. The van der Waals surface area contributed by atoms with Crippen LogP contribution in [0.5, 0.6) is 0 Å². The predicted octanol–water partition coefficient (Wildman–Crippen LogP) is 6.20. The highest BCUT2D eigenvalue weighted by atomic mass is 79.9. The number of hydrogen-bond donors (Lipinski definition) is 0. The largest absolute Gasteiger partial charge is 0.308 e. The van der Waals surface area contributed by atoms with Crippen LogP contribution in [-0.4, -0.2) is 4.57 Å². The van der Waals surface area contributed by atoms with Crippen molar-refractivity contribution in [3.63, 3.8) is 0 Å². The normalized spacial score (nSPS) is 11.3. The molecule has 3 aromatic carbocycles. The summed E-state index contributed by atoms with van der Waals surface area (Å²) in [6.07, 6.45) is 0. The molecule has 0 saturated heterocycles. The molecule has 0 atom stereocenters. The number of fused-ring (bicyclic) bond motifs is 3. The molecule has 4 rings (SSSR count). The topological polar surface area (TPSA) is 4.93 Å². The van der Waals surface area contributed by atoms with Gasteiger partial charge < -0.3 is 4.57 Å². The highest BCUT2D eigenvalue weighted by molar-refractivity contribution is 9.10. The lowest BCUT2D eigenvalue weighted by molar-refractivity contribution is 1.18. The van der Waals surface area contributed by atoms with Gasteiger partial charge in [-0.05, 0) is 30.3 Å². The van der Waals surface area contributed by atoms with Crippen molar-refractivity contribution in [3.8, 4) is 5.69 Å². The number of para-hydroxylation sites is 2. The van der Waals surface area contributed by atoms with Gasteiger partial charge in [0.2, 0.25) is 0 Å². The molecular formula is C18H11BrClN. The first-order valence-corrected chi connectivity index (χ1v) is 7.86. The van der Waals surface area contributed by atoms with Crippen LogP contribution in [-0.2, 0) is 0 Å². The third kappa shape index (κ3) is 1.98. The maximum absolute atomic E-state index is 6.47. The van der Waals surface area contributed by atoms with E-state index in [0.29, 0.717) is 0 Å². The van der Waals surface area contributed by atoms with E-state index in [9.17, 15) is 0 Å². The zero-order valence-electron chi connectivity index (χ0n) is 11.1. The first kappa shape index (κ1) is 12.9. The second-order valence-electron chi connectivity index (χ2n) is 4.97. The van der Waals surface area contributed by atoms with E-state index >= 15 is 0 Å². The van der Waals surface area contributed by atoms with Gasteiger partial charge in [0.1, 0.15) is 0 Å².